The van der Waals surface area contributed by atoms with Gasteiger partial charge in [-0.15, -0.1) is 0 Å². The predicted octanol–water partition coefficient (Wildman–Crippen LogP) is 2.47. The first-order chi connectivity index (χ1) is 8.86. The molecule has 1 amide bonds. The third-order valence-electron chi connectivity index (χ3n) is 2.35. The fourth-order valence-corrected chi connectivity index (χ4v) is 1.23. The van der Waals surface area contributed by atoms with E-state index in [4.69, 9.17) is 4.74 Å². The molecule has 0 aromatic rings. The molecular weight excluding hydrogens is 275 g/mol. The molecule has 0 aliphatic rings. The lowest BCUT2D eigenvalue weighted by Crippen LogP contribution is -2.52. The van der Waals surface area contributed by atoms with Gasteiger partial charge in [-0.3, -0.25) is 4.99 Å². The van der Waals surface area contributed by atoms with Crippen LogP contribution in [0.1, 0.15) is 34.6 Å². The SMILES string of the molecule is CN=C(NC(C)[C@@H](C)NC(=O)OC(C)(C)C)C(F)(F)F. The van der Waals surface area contributed by atoms with Crippen LogP contribution >= 0.6 is 0 Å². The van der Waals surface area contributed by atoms with Gasteiger partial charge in [0.2, 0.25) is 5.84 Å². The summed E-state index contributed by atoms with van der Waals surface area (Å²) in [5.41, 5.74) is -0.664. The molecule has 0 bridgehead atoms. The van der Waals surface area contributed by atoms with E-state index >= 15 is 0 Å². The number of halogens is 3. The second kappa shape index (κ2) is 6.81. The fourth-order valence-electron chi connectivity index (χ4n) is 1.23. The number of nitrogens with zero attached hydrogens (tertiary/aromatic N) is 1. The summed E-state index contributed by atoms with van der Waals surface area (Å²) in [6, 6.07) is -1.23. The van der Waals surface area contributed by atoms with Crippen molar-refractivity contribution < 1.29 is 22.7 Å². The summed E-state index contributed by atoms with van der Waals surface area (Å²) in [7, 11) is 1.05. The van der Waals surface area contributed by atoms with Crippen molar-refractivity contribution in [1.82, 2.24) is 10.6 Å². The van der Waals surface area contributed by atoms with Crippen LogP contribution in [0.25, 0.3) is 0 Å². The van der Waals surface area contributed by atoms with Gasteiger partial charge in [0.05, 0.1) is 0 Å². The van der Waals surface area contributed by atoms with Crippen LogP contribution in [0.2, 0.25) is 0 Å². The molecule has 0 aliphatic heterocycles. The van der Waals surface area contributed by atoms with Crippen molar-refractivity contribution >= 4 is 11.9 Å². The van der Waals surface area contributed by atoms with E-state index in [-0.39, 0.29) is 0 Å². The number of ether oxygens (including phenoxy) is 1. The van der Waals surface area contributed by atoms with Crippen molar-refractivity contribution in [2.24, 2.45) is 4.99 Å². The molecular formula is C12H22F3N3O2. The highest BCUT2D eigenvalue weighted by Crippen LogP contribution is 2.16. The summed E-state index contributed by atoms with van der Waals surface area (Å²) in [5, 5.41) is 4.70. The molecule has 0 saturated heterocycles. The largest absolute Gasteiger partial charge is 0.448 e. The van der Waals surface area contributed by atoms with Gasteiger partial charge in [0.1, 0.15) is 5.60 Å². The summed E-state index contributed by atoms with van der Waals surface area (Å²) < 4.78 is 42.6. The fraction of sp³-hybridized carbons (Fsp3) is 0.833. The Morgan fingerprint density at radius 3 is 1.90 bits per heavy atom. The monoisotopic (exact) mass is 297 g/mol. The van der Waals surface area contributed by atoms with E-state index in [1.165, 1.54) is 6.92 Å². The minimum atomic E-state index is -4.55. The standard InChI is InChI=1S/C12H22F3N3O2/c1-7(17-9(16-6)12(13,14)15)8(2)18-10(19)20-11(3,4)5/h7-8H,1-6H3,(H,16,17)(H,18,19)/t7?,8-/m1/s1. The topological polar surface area (TPSA) is 62.7 Å². The number of carbonyl (C=O) groups excluding carboxylic acids is 1. The van der Waals surface area contributed by atoms with E-state index in [1.807, 2.05) is 0 Å². The Kier molecular flexibility index (Phi) is 6.31. The molecule has 0 spiro atoms. The maximum atomic E-state index is 12.5. The molecule has 5 nitrogen and oxygen atoms in total. The summed E-state index contributed by atoms with van der Waals surface area (Å²) in [5.74, 6) is -1.08. The van der Waals surface area contributed by atoms with Crippen LogP contribution < -0.4 is 10.6 Å². The van der Waals surface area contributed by atoms with Gasteiger partial charge < -0.3 is 15.4 Å². The Hall–Kier alpha value is -1.47. The number of carbonyl (C=O) groups is 1. The van der Waals surface area contributed by atoms with Crippen LogP contribution in [-0.2, 0) is 4.74 Å². The zero-order valence-electron chi connectivity index (χ0n) is 12.6. The first-order valence-corrected chi connectivity index (χ1v) is 6.17. The molecule has 1 unspecified atom stereocenters. The van der Waals surface area contributed by atoms with Crippen molar-refractivity contribution in [3.63, 3.8) is 0 Å². The zero-order valence-corrected chi connectivity index (χ0v) is 12.6. The van der Waals surface area contributed by atoms with E-state index in [1.54, 1.807) is 27.7 Å². The van der Waals surface area contributed by atoms with Crippen LogP contribution in [0.4, 0.5) is 18.0 Å². The second-order valence-electron chi connectivity index (χ2n) is 5.44. The third kappa shape index (κ3) is 7.20. The van der Waals surface area contributed by atoms with Crippen LogP contribution in [0.3, 0.4) is 0 Å². The highest BCUT2D eigenvalue weighted by Gasteiger charge is 2.37. The van der Waals surface area contributed by atoms with Gasteiger partial charge in [0.25, 0.3) is 0 Å². The molecule has 0 aliphatic carbocycles. The molecule has 20 heavy (non-hydrogen) atoms. The van der Waals surface area contributed by atoms with Crippen LogP contribution in [0, 0.1) is 0 Å². The Morgan fingerprint density at radius 1 is 1.10 bits per heavy atom. The number of rotatable bonds is 3. The number of alkyl halides is 3. The second-order valence-corrected chi connectivity index (χ2v) is 5.44. The average Bonchev–Trinajstić information content (AvgIpc) is 2.20. The van der Waals surface area contributed by atoms with Gasteiger partial charge in [-0.25, -0.2) is 4.79 Å². The smallest absolute Gasteiger partial charge is 0.444 e. The summed E-state index contributed by atoms with van der Waals surface area (Å²) >= 11 is 0. The van der Waals surface area contributed by atoms with Gasteiger partial charge in [-0.1, -0.05) is 0 Å². The number of hydrogen-bond acceptors (Lipinski definition) is 3. The Balaban J connectivity index is 4.50. The summed E-state index contributed by atoms with van der Waals surface area (Å²) in [6.45, 7) is 8.18. The number of nitrogens with one attached hydrogen (secondary N) is 2. The van der Waals surface area contributed by atoms with Crippen LogP contribution in [0.5, 0.6) is 0 Å². The Morgan fingerprint density at radius 2 is 1.55 bits per heavy atom. The number of amides is 1. The maximum absolute atomic E-state index is 12.5. The van der Waals surface area contributed by atoms with Gasteiger partial charge in [-0.05, 0) is 34.6 Å². The molecule has 0 saturated carbocycles. The number of amidine groups is 1. The molecule has 8 heteroatoms. The van der Waals surface area contributed by atoms with E-state index < -0.39 is 35.8 Å². The van der Waals surface area contributed by atoms with Crippen molar-refractivity contribution in [3.8, 4) is 0 Å². The van der Waals surface area contributed by atoms with E-state index in [2.05, 4.69) is 15.6 Å². The average molecular weight is 297 g/mol. The van der Waals surface area contributed by atoms with Crippen LogP contribution in [-0.4, -0.2) is 42.8 Å². The van der Waals surface area contributed by atoms with E-state index in [0.717, 1.165) is 7.05 Å². The zero-order chi connectivity index (χ0) is 16.1. The molecule has 2 N–H and O–H groups in total. The minimum Gasteiger partial charge on any atom is -0.444 e. The first-order valence-electron chi connectivity index (χ1n) is 6.17. The molecule has 2 atom stereocenters. The predicted molar refractivity (Wildman–Crippen MR) is 70.8 cm³/mol. The Bertz CT molecular complexity index is 362. The number of aliphatic imine (C=N–C) groups is 1. The van der Waals surface area contributed by atoms with Crippen molar-refractivity contribution in [2.45, 2.75) is 58.5 Å². The molecule has 0 aromatic carbocycles. The van der Waals surface area contributed by atoms with E-state index in [9.17, 15) is 18.0 Å². The van der Waals surface area contributed by atoms with Gasteiger partial charge in [0.15, 0.2) is 0 Å². The minimum absolute atomic E-state index is 0.566. The van der Waals surface area contributed by atoms with Gasteiger partial charge in [0, 0.05) is 19.1 Å². The summed E-state index contributed by atoms with van der Waals surface area (Å²) in [4.78, 5) is 14.7. The number of hydrogen-bond donors (Lipinski definition) is 2. The first kappa shape index (κ1) is 18.5. The lowest BCUT2D eigenvalue weighted by molar-refractivity contribution is -0.0624. The molecule has 0 aromatic heterocycles. The molecule has 0 heterocycles. The third-order valence-corrected chi connectivity index (χ3v) is 2.35. The quantitative estimate of drug-likeness (QED) is 0.621. The van der Waals surface area contributed by atoms with Crippen molar-refractivity contribution in [3.05, 3.63) is 0 Å². The van der Waals surface area contributed by atoms with Crippen molar-refractivity contribution in [2.75, 3.05) is 7.05 Å². The Labute approximate surface area is 117 Å². The molecule has 118 valence electrons. The maximum Gasteiger partial charge on any atom is 0.448 e. The normalized spacial score (nSPS) is 16.4. The number of alkyl carbamates (subject to hydrolysis) is 1. The molecule has 0 rings (SSSR count). The lowest BCUT2D eigenvalue weighted by Gasteiger charge is -2.26. The highest BCUT2D eigenvalue weighted by molar-refractivity contribution is 5.87. The van der Waals surface area contributed by atoms with Crippen LogP contribution in [0.15, 0.2) is 4.99 Å². The highest BCUT2D eigenvalue weighted by atomic mass is 19.4. The van der Waals surface area contributed by atoms with Crippen molar-refractivity contribution in [1.29, 1.82) is 0 Å². The van der Waals surface area contributed by atoms with Gasteiger partial charge >= 0.3 is 12.3 Å². The van der Waals surface area contributed by atoms with E-state index in [0.29, 0.717) is 0 Å². The van der Waals surface area contributed by atoms with Gasteiger partial charge in [-0.2, -0.15) is 13.2 Å². The lowest BCUT2D eigenvalue weighted by atomic mass is 10.1. The molecule has 0 radical (unpaired) electrons. The summed E-state index contributed by atoms with van der Waals surface area (Å²) in [6.07, 6.45) is -5.23. The molecule has 0 fully saturated rings.